The van der Waals surface area contributed by atoms with Gasteiger partial charge in [-0.05, 0) is 73.0 Å². The summed E-state index contributed by atoms with van der Waals surface area (Å²) in [5.74, 6) is 7.39. The van der Waals surface area contributed by atoms with Crippen LogP contribution in [0.1, 0.15) is 25.7 Å². The third-order valence-electron chi connectivity index (χ3n) is 9.45. The van der Waals surface area contributed by atoms with Crippen LogP contribution in [0.15, 0.2) is 0 Å². The molecule has 0 N–H and O–H groups in total. The lowest BCUT2D eigenvalue weighted by atomic mass is 9.79. The monoisotopic (exact) mass is 582 g/mol. The molecule has 6 saturated carbocycles. The second-order valence-corrected chi connectivity index (χ2v) is 12.4. The van der Waals surface area contributed by atoms with Gasteiger partial charge in [0, 0.05) is 19.7 Å². The molecule has 6 aliphatic carbocycles. The molecule has 6 rings (SSSR count). The highest BCUT2D eigenvalue weighted by Crippen LogP contribution is 2.78. The van der Waals surface area contributed by atoms with Gasteiger partial charge in [0.1, 0.15) is 12.2 Å². The number of rotatable bonds is 4. The number of alkyl halides is 2. The fourth-order valence-corrected chi connectivity index (χ4v) is 13.3. The summed E-state index contributed by atoms with van der Waals surface area (Å²) >= 11 is 5.53. The molecule has 0 bridgehead atoms. The van der Waals surface area contributed by atoms with Crippen molar-refractivity contribution in [1.29, 1.82) is 0 Å². The maximum atomic E-state index is 11.1. The topological polar surface area (TPSA) is 52.6 Å². The average Bonchev–Trinajstić information content (AvgIpc) is 3.37. The minimum atomic E-state index is 0.164. The molecule has 4 nitrogen and oxygen atoms in total. The van der Waals surface area contributed by atoms with Crippen molar-refractivity contribution in [1.82, 2.24) is 0 Å². The van der Waals surface area contributed by atoms with Crippen molar-refractivity contribution in [3.8, 4) is 0 Å². The highest BCUT2D eigenvalue weighted by atomic mass is 127. The molecule has 0 aromatic rings. The van der Waals surface area contributed by atoms with E-state index in [1.165, 1.54) is 12.8 Å². The van der Waals surface area contributed by atoms with Crippen LogP contribution in [-0.2, 0) is 19.1 Å². The summed E-state index contributed by atoms with van der Waals surface area (Å²) in [6.07, 6.45) is 4.91. The zero-order valence-corrected chi connectivity index (χ0v) is 18.8. The number of hydrogen-bond acceptors (Lipinski definition) is 4. The van der Waals surface area contributed by atoms with Crippen molar-refractivity contribution in [3.05, 3.63) is 0 Å². The molecule has 0 radical (unpaired) electrons. The van der Waals surface area contributed by atoms with E-state index in [4.69, 9.17) is 9.47 Å². The predicted octanol–water partition coefficient (Wildman–Crippen LogP) is 3.48. The van der Waals surface area contributed by atoms with Gasteiger partial charge in [0.05, 0.1) is 0 Å². The van der Waals surface area contributed by atoms with E-state index in [1.54, 1.807) is 0 Å². The van der Waals surface area contributed by atoms with Gasteiger partial charge in [0.2, 0.25) is 0 Å². The molecule has 0 saturated heterocycles. The van der Waals surface area contributed by atoms with E-state index in [-0.39, 0.29) is 12.2 Å². The van der Waals surface area contributed by atoms with Gasteiger partial charge in [-0.25, -0.2) is 0 Å². The molecule has 6 fully saturated rings. The molecule has 142 valence electrons. The van der Waals surface area contributed by atoms with E-state index in [9.17, 15) is 9.59 Å². The molecule has 6 heteroatoms. The maximum absolute atomic E-state index is 11.1. The minimum absolute atomic E-state index is 0.164. The van der Waals surface area contributed by atoms with Gasteiger partial charge in [-0.2, -0.15) is 0 Å². The Morgan fingerprint density at radius 3 is 1.38 bits per heavy atom. The molecular weight excluding hydrogens is 558 g/mol. The molecular formula is C20H24I2O4. The second-order valence-electron chi connectivity index (χ2n) is 9.53. The molecule has 0 amide bonds. The van der Waals surface area contributed by atoms with Gasteiger partial charge < -0.3 is 9.47 Å². The van der Waals surface area contributed by atoms with Crippen LogP contribution in [-0.4, -0.2) is 33.0 Å². The molecule has 0 aromatic heterocycles. The van der Waals surface area contributed by atoms with Crippen LogP contribution in [0.3, 0.4) is 0 Å². The van der Waals surface area contributed by atoms with E-state index < -0.39 is 0 Å². The fraction of sp³-hybridized carbons (Fsp3) is 0.900. The van der Waals surface area contributed by atoms with Gasteiger partial charge in [-0.15, -0.1) is 0 Å². The average molecular weight is 582 g/mol. The highest BCUT2D eigenvalue weighted by molar-refractivity contribution is 14.1. The van der Waals surface area contributed by atoms with Crippen LogP contribution >= 0.6 is 45.2 Å². The summed E-state index contributed by atoms with van der Waals surface area (Å²) in [6.45, 7) is 1.38. The van der Waals surface area contributed by atoms with Crippen LogP contribution in [0, 0.1) is 59.2 Å². The second kappa shape index (κ2) is 5.95. The van der Waals surface area contributed by atoms with Gasteiger partial charge in [-0.1, -0.05) is 45.2 Å². The Morgan fingerprint density at radius 1 is 0.577 bits per heavy atom. The van der Waals surface area contributed by atoms with Gasteiger partial charge in [-0.3, -0.25) is 9.59 Å². The molecule has 26 heavy (non-hydrogen) atoms. The zero-order chi connectivity index (χ0) is 17.7. The smallest absolute Gasteiger partial charge is 0.293 e. The van der Waals surface area contributed by atoms with Crippen molar-refractivity contribution in [2.24, 2.45) is 59.2 Å². The van der Waals surface area contributed by atoms with Crippen LogP contribution < -0.4 is 0 Å². The molecule has 6 aliphatic rings. The van der Waals surface area contributed by atoms with Crippen molar-refractivity contribution in [3.63, 3.8) is 0 Å². The third kappa shape index (κ3) is 1.88. The summed E-state index contributed by atoms with van der Waals surface area (Å²) in [7, 11) is 0. The molecule has 0 spiro atoms. The first-order valence-corrected chi connectivity index (χ1v) is 12.6. The first-order valence-electron chi connectivity index (χ1n) is 10.2. The van der Waals surface area contributed by atoms with E-state index >= 15 is 0 Å². The largest absolute Gasteiger partial charge is 0.464 e. The first kappa shape index (κ1) is 17.3. The number of carbonyl (C=O) groups excluding carboxylic acids is 2. The Balaban J connectivity index is 1.40. The Kier molecular flexibility index (Phi) is 3.96. The van der Waals surface area contributed by atoms with Crippen LogP contribution in [0.2, 0.25) is 0 Å². The summed E-state index contributed by atoms with van der Waals surface area (Å²) in [5, 5.41) is 0. The van der Waals surface area contributed by atoms with Crippen molar-refractivity contribution < 1.29 is 19.1 Å². The quantitative estimate of drug-likeness (QED) is 0.290. The van der Waals surface area contributed by atoms with E-state index in [0.29, 0.717) is 32.6 Å². The van der Waals surface area contributed by atoms with Crippen molar-refractivity contribution in [2.75, 3.05) is 0 Å². The lowest BCUT2D eigenvalue weighted by Gasteiger charge is -2.33. The van der Waals surface area contributed by atoms with Gasteiger partial charge >= 0.3 is 0 Å². The maximum Gasteiger partial charge on any atom is 0.293 e. The van der Waals surface area contributed by atoms with E-state index in [2.05, 4.69) is 45.2 Å². The lowest BCUT2D eigenvalue weighted by molar-refractivity contribution is -0.137. The van der Waals surface area contributed by atoms with Crippen LogP contribution in [0.5, 0.6) is 0 Å². The minimum Gasteiger partial charge on any atom is -0.464 e. The summed E-state index contributed by atoms with van der Waals surface area (Å²) in [4.78, 5) is 22.1. The number of carbonyl (C=O) groups is 2. The molecule has 14 atom stereocenters. The van der Waals surface area contributed by atoms with Crippen LogP contribution in [0.4, 0.5) is 0 Å². The number of ether oxygens (including phenoxy) is 2. The van der Waals surface area contributed by atoms with E-state index in [1.807, 2.05) is 0 Å². The van der Waals surface area contributed by atoms with Crippen LogP contribution in [0.25, 0.3) is 0 Å². The number of halogens is 2. The van der Waals surface area contributed by atoms with Gasteiger partial charge in [0.25, 0.3) is 12.9 Å². The zero-order valence-electron chi connectivity index (χ0n) is 14.5. The van der Waals surface area contributed by atoms with Crippen molar-refractivity contribution in [2.45, 2.75) is 45.7 Å². The third-order valence-corrected chi connectivity index (χ3v) is 12.8. The Bertz CT molecular complexity index is 589. The molecule has 0 aromatic carbocycles. The molecule has 0 heterocycles. The summed E-state index contributed by atoms with van der Waals surface area (Å²) in [5.41, 5.74) is 0. The highest BCUT2D eigenvalue weighted by Gasteiger charge is 2.77. The van der Waals surface area contributed by atoms with Gasteiger partial charge in [0.15, 0.2) is 0 Å². The normalized spacial score (nSPS) is 63.5. The Labute approximate surface area is 181 Å². The first-order chi connectivity index (χ1) is 12.7. The molecule has 0 unspecified atom stereocenters. The summed E-state index contributed by atoms with van der Waals surface area (Å²) < 4.78 is 12.6. The van der Waals surface area contributed by atoms with Crippen molar-refractivity contribution >= 4 is 58.1 Å². The number of fused-ring (bicyclic) bond motifs is 6. The standard InChI is InChI=1S/C20H24I2O4/c21-19-13-7-1-3-9(25-5-23)11(7)17-15(13)16-14(20(17)22)8-2-4-10(26-6-24)12(8)18(16)19/h5-20H,1-4H2/t7-,8-,9-,10+,11+,12-,13+,14-,15+,16+,17+,18+,19-,20-/m1/s1. The number of hydrogen-bond donors (Lipinski definition) is 0. The molecule has 0 aliphatic heterocycles. The van der Waals surface area contributed by atoms with E-state index in [0.717, 1.165) is 60.2 Å². The lowest BCUT2D eigenvalue weighted by Crippen LogP contribution is -2.35. The summed E-state index contributed by atoms with van der Waals surface area (Å²) in [6, 6.07) is 0. The fourth-order valence-electron chi connectivity index (χ4n) is 9.34. The Hall–Kier alpha value is 0.400. The SMILES string of the molecule is O=CO[C@H]1CC[C@H]2[C@H]3[C@@H](I)[C@@H]4[C@@H]5[C@H]3[C@@H]([C@H](I)[C@H]5[C@@H]3CC[C@@H](OC=O)[C@H]34)[C@H]21. The Morgan fingerprint density at radius 2 is 1.00 bits per heavy atom. The predicted molar refractivity (Wildman–Crippen MR) is 111 cm³/mol.